The molecular formula is C20H22FNO4S. The molecule has 1 heterocycles. The predicted molar refractivity (Wildman–Crippen MR) is 100 cm³/mol. The molecule has 3 rings (SSSR count). The normalized spacial score (nSPS) is 20.3. The molecule has 144 valence electrons. The molecule has 0 aromatic heterocycles. The summed E-state index contributed by atoms with van der Waals surface area (Å²) in [6.45, 7) is 0.412. The number of likely N-dealkylation sites (tertiary alicyclic amines) is 1. The van der Waals surface area contributed by atoms with Gasteiger partial charge in [-0.15, -0.1) is 0 Å². The van der Waals surface area contributed by atoms with E-state index in [-0.39, 0.29) is 25.4 Å². The number of ether oxygens (including phenoxy) is 1. The zero-order chi connectivity index (χ0) is 19.4. The Morgan fingerprint density at radius 1 is 1.15 bits per heavy atom. The van der Waals surface area contributed by atoms with Crippen molar-refractivity contribution < 1.29 is 22.3 Å². The van der Waals surface area contributed by atoms with Gasteiger partial charge in [-0.3, -0.25) is 0 Å². The Morgan fingerprint density at radius 2 is 1.81 bits per heavy atom. The van der Waals surface area contributed by atoms with Gasteiger partial charge in [0.05, 0.1) is 11.3 Å². The topological polar surface area (TPSA) is 63.7 Å². The number of nitrogens with zero attached hydrogens (tertiary/aromatic N) is 1. The predicted octanol–water partition coefficient (Wildman–Crippen LogP) is 3.71. The summed E-state index contributed by atoms with van der Waals surface area (Å²) in [6, 6.07) is 14.7. The maximum atomic E-state index is 13.3. The van der Waals surface area contributed by atoms with E-state index in [1.165, 1.54) is 23.3 Å². The Morgan fingerprint density at radius 3 is 2.44 bits per heavy atom. The van der Waals surface area contributed by atoms with Gasteiger partial charge in [-0.05, 0) is 36.1 Å². The number of hydrogen-bond donors (Lipinski definition) is 0. The highest BCUT2D eigenvalue weighted by Gasteiger charge is 2.37. The third-order valence-electron chi connectivity index (χ3n) is 4.85. The van der Waals surface area contributed by atoms with Gasteiger partial charge in [0.1, 0.15) is 22.3 Å². The zero-order valence-corrected chi connectivity index (χ0v) is 15.9. The summed E-state index contributed by atoms with van der Waals surface area (Å²) in [7, 11) is -3.23. The first kappa shape index (κ1) is 19.4. The van der Waals surface area contributed by atoms with Crippen molar-refractivity contribution in [1.82, 2.24) is 4.90 Å². The second kappa shape index (κ2) is 8.08. The molecule has 27 heavy (non-hydrogen) atoms. The number of carbonyl (C=O) groups is 1. The minimum Gasteiger partial charge on any atom is -0.445 e. The largest absolute Gasteiger partial charge is 0.445 e. The fourth-order valence-electron chi connectivity index (χ4n) is 3.34. The van der Waals surface area contributed by atoms with Crippen LogP contribution in [0.5, 0.6) is 0 Å². The number of hydrogen-bond acceptors (Lipinski definition) is 4. The Hall–Kier alpha value is -2.41. The summed E-state index contributed by atoms with van der Waals surface area (Å²) < 4.78 is 42.7. The molecule has 2 aromatic rings. The highest BCUT2D eigenvalue weighted by Crippen LogP contribution is 2.34. The quantitative estimate of drug-likeness (QED) is 0.797. The molecule has 0 N–H and O–H groups in total. The van der Waals surface area contributed by atoms with Crippen LogP contribution in [0.15, 0.2) is 54.6 Å². The lowest BCUT2D eigenvalue weighted by molar-refractivity contribution is 0.0684. The molecule has 0 radical (unpaired) electrons. The van der Waals surface area contributed by atoms with Gasteiger partial charge < -0.3 is 9.64 Å². The van der Waals surface area contributed by atoms with E-state index in [4.69, 9.17) is 4.74 Å². The highest BCUT2D eigenvalue weighted by molar-refractivity contribution is 7.91. The van der Waals surface area contributed by atoms with Gasteiger partial charge in [0, 0.05) is 12.8 Å². The van der Waals surface area contributed by atoms with E-state index < -0.39 is 27.2 Å². The minimum absolute atomic E-state index is 0.141. The van der Waals surface area contributed by atoms with E-state index in [9.17, 15) is 17.6 Å². The average molecular weight is 391 g/mol. The lowest BCUT2D eigenvalue weighted by atomic mass is 9.95. The van der Waals surface area contributed by atoms with Crippen LogP contribution in [0, 0.1) is 5.82 Å². The van der Waals surface area contributed by atoms with Crippen LogP contribution in [0.1, 0.15) is 30.0 Å². The molecule has 0 aliphatic carbocycles. The lowest BCUT2D eigenvalue weighted by Crippen LogP contribution is -2.44. The lowest BCUT2D eigenvalue weighted by Gasteiger charge is -2.38. The molecule has 5 nitrogen and oxygen atoms in total. The van der Waals surface area contributed by atoms with Gasteiger partial charge in [-0.2, -0.15) is 0 Å². The third kappa shape index (κ3) is 4.86. The van der Waals surface area contributed by atoms with Crippen LogP contribution in [0.3, 0.4) is 0 Å². The van der Waals surface area contributed by atoms with Crippen LogP contribution in [-0.4, -0.2) is 37.5 Å². The molecular weight excluding hydrogens is 369 g/mol. The Labute approximate surface area is 158 Å². The maximum Gasteiger partial charge on any atom is 0.410 e. The van der Waals surface area contributed by atoms with Crippen molar-refractivity contribution in [3.8, 4) is 0 Å². The number of carbonyl (C=O) groups excluding carboxylic acids is 1. The molecule has 1 aliphatic heterocycles. The standard InChI is InChI=1S/C20H22FNO4S/c1-27(24,25)18-11-12-22(19(13-18)16-7-9-17(21)10-8-16)20(23)26-14-15-5-3-2-4-6-15/h2-10,18-19H,11-14H2,1H3/t18-,19-/m1/s1. The van der Waals surface area contributed by atoms with E-state index in [2.05, 4.69) is 0 Å². The summed E-state index contributed by atoms with van der Waals surface area (Å²) in [5, 5.41) is -0.536. The summed E-state index contributed by atoms with van der Waals surface area (Å²) in [5.74, 6) is -0.382. The molecule has 0 spiro atoms. The van der Waals surface area contributed by atoms with E-state index >= 15 is 0 Å². The van der Waals surface area contributed by atoms with Crippen LogP contribution in [0.2, 0.25) is 0 Å². The number of rotatable bonds is 4. The van der Waals surface area contributed by atoms with Crippen molar-refractivity contribution in [2.45, 2.75) is 30.7 Å². The second-order valence-corrected chi connectivity index (χ2v) is 9.10. The highest BCUT2D eigenvalue weighted by atomic mass is 32.2. The fraction of sp³-hybridized carbons (Fsp3) is 0.350. The first-order valence-electron chi connectivity index (χ1n) is 8.76. The maximum absolute atomic E-state index is 13.3. The van der Waals surface area contributed by atoms with Gasteiger partial charge in [0.15, 0.2) is 0 Å². The first-order valence-corrected chi connectivity index (χ1v) is 10.7. The summed E-state index contributed by atoms with van der Waals surface area (Å²) in [4.78, 5) is 14.2. The monoisotopic (exact) mass is 391 g/mol. The van der Waals surface area contributed by atoms with Crippen molar-refractivity contribution in [3.63, 3.8) is 0 Å². The van der Waals surface area contributed by atoms with Crippen LogP contribution in [0.25, 0.3) is 0 Å². The summed E-state index contributed by atoms with van der Waals surface area (Å²) in [5.41, 5.74) is 1.57. The van der Waals surface area contributed by atoms with Gasteiger partial charge in [0.2, 0.25) is 0 Å². The number of amides is 1. The fourth-order valence-corrected chi connectivity index (χ4v) is 4.41. The summed E-state index contributed by atoms with van der Waals surface area (Å²) >= 11 is 0. The number of benzene rings is 2. The number of halogens is 1. The Balaban J connectivity index is 1.78. The average Bonchev–Trinajstić information content (AvgIpc) is 2.66. The van der Waals surface area contributed by atoms with Crippen molar-refractivity contribution in [1.29, 1.82) is 0 Å². The van der Waals surface area contributed by atoms with Crippen LogP contribution in [0.4, 0.5) is 9.18 Å². The Bertz CT molecular complexity index is 884. The molecule has 7 heteroatoms. The van der Waals surface area contributed by atoms with Crippen molar-refractivity contribution in [3.05, 3.63) is 71.5 Å². The van der Waals surface area contributed by atoms with Gasteiger partial charge >= 0.3 is 6.09 Å². The second-order valence-electron chi connectivity index (χ2n) is 6.78. The van der Waals surface area contributed by atoms with E-state index in [0.29, 0.717) is 12.0 Å². The van der Waals surface area contributed by atoms with Crippen molar-refractivity contribution >= 4 is 15.9 Å². The van der Waals surface area contributed by atoms with Gasteiger partial charge in [-0.25, -0.2) is 17.6 Å². The minimum atomic E-state index is -3.23. The number of piperidine rings is 1. The molecule has 2 atom stereocenters. The first-order chi connectivity index (χ1) is 12.8. The molecule has 2 aromatic carbocycles. The van der Waals surface area contributed by atoms with E-state index in [1.807, 2.05) is 30.3 Å². The van der Waals surface area contributed by atoms with E-state index in [0.717, 1.165) is 5.56 Å². The van der Waals surface area contributed by atoms with Gasteiger partial charge in [-0.1, -0.05) is 42.5 Å². The van der Waals surface area contributed by atoms with Crippen LogP contribution < -0.4 is 0 Å². The summed E-state index contributed by atoms with van der Waals surface area (Å²) in [6.07, 6.45) is 1.34. The molecule has 0 saturated carbocycles. The molecule has 0 bridgehead atoms. The SMILES string of the molecule is CS(=O)(=O)[C@@H]1CCN(C(=O)OCc2ccccc2)[C@@H](c2ccc(F)cc2)C1. The molecule has 1 fully saturated rings. The molecule has 1 amide bonds. The van der Waals surface area contributed by atoms with Crippen LogP contribution >= 0.6 is 0 Å². The van der Waals surface area contributed by atoms with Crippen LogP contribution in [-0.2, 0) is 21.2 Å². The molecule has 1 saturated heterocycles. The van der Waals surface area contributed by atoms with Crippen molar-refractivity contribution in [2.75, 3.05) is 12.8 Å². The molecule has 0 unspecified atom stereocenters. The van der Waals surface area contributed by atoms with Gasteiger partial charge in [0.25, 0.3) is 0 Å². The Kier molecular flexibility index (Phi) is 5.79. The number of sulfone groups is 1. The smallest absolute Gasteiger partial charge is 0.410 e. The van der Waals surface area contributed by atoms with Crippen molar-refractivity contribution in [2.24, 2.45) is 0 Å². The zero-order valence-electron chi connectivity index (χ0n) is 15.0. The third-order valence-corrected chi connectivity index (χ3v) is 6.49. The molecule has 1 aliphatic rings. The van der Waals surface area contributed by atoms with E-state index in [1.54, 1.807) is 12.1 Å².